The molecule has 3 aromatic rings. The monoisotopic (exact) mass is 350 g/mol. The van der Waals surface area contributed by atoms with Crippen LogP contribution in [0.15, 0.2) is 35.1 Å². The van der Waals surface area contributed by atoms with Gasteiger partial charge in [-0.1, -0.05) is 24.6 Å². The van der Waals surface area contributed by atoms with Crippen molar-refractivity contribution in [1.82, 2.24) is 20.1 Å². The summed E-state index contributed by atoms with van der Waals surface area (Å²) < 4.78 is 0. The lowest BCUT2D eigenvalue weighted by Gasteiger charge is -2.18. The molecular formula is C20H22N4O2. The molecule has 1 amide bonds. The van der Waals surface area contributed by atoms with Crippen LogP contribution < -0.4 is 5.56 Å². The standard InChI is InChI=1S/C20H22N4O2/c1-24(12-18-14-8-3-2-4-10-17(14)22-23-18)20(26)15-11-19(25)21-16-9-6-5-7-13(15)16/h5-7,9,11H,2-4,8,10,12H2,1H3,(H,21,25)(H,22,23). The number of aryl methyl sites for hydroxylation is 1. The second-order valence-electron chi connectivity index (χ2n) is 6.94. The second-order valence-corrected chi connectivity index (χ2v) is 6.94. The van der Waals surface area contributed by atoms with Gasteiger partial charge in [0.25, 0.3) is 5.91 Å². The number of H-pyrrole nitrogens is 2. The van der Waals surface area contributed by atoms with E-state index in [1.807, 2.05) is 18.2 Å². The topological polar surface area (TPSA) is 81.8 Å². The molecule has 0 saturated heterocycles. The lowest BCUT2D eigenvalue weighted by molar-refractivity contribution is 0.0785. The van der Waals surface area contributed by atoms with Crippen molar-refractivity contribution in [3.8, 4) is 0 Å². The Bertz CT molecular complexity index is 1020. The maximum absolute atomic E-state index is 13.0. The van der Waals surface area contributed by atoms with Gasteiger partial charge in [0.2, 0.25) is 5.56 Å². The number of rotatable bonds is 3. The van der Waals surface area contributed by atoms with Gasteiger partial charge in [-0.15, -0.1) is 0 Å². The van der Waals surface area contributed by atoms with Crippen molar-refractivity contribution in [2.24, 2.45) is 0 Å². The van der Waals surface area contributed by atoms with E-state index in [-0.39, 0.29) is 11.5 Å². The summed E-state index contributed by atoms with van der Waals surface area (Å²) in [6.45, 7) is 0.436. The highest BCUT2D eigenvalue weighted by Gasteiger charge is 2.21. The maximum Gasteiger partial charge on any atom is 0.254 e. The molecule has 1 aliphatic carbocycles. The van der Waals surface area contributed by atoms with E-state index < -0.39 is 0 Å². The number of carbonyl (C=O) groups excluding carboxylic acids is 1. The SMILES string of the molecule is CN(Cc1n[nH]c2c1CCCCC2)C(=O)c1cc(=O)[nH]c2ccccc12. The van der Waals surface area contributed by atoms with Crippen molar-refractivity contribution in [2.45, 2.75) is 38.6 Å². The van der Waals surface area contributed by atoms with Crippen LogP contribution in [0.4, 0.5) is 0 Å². The summed E-state index contributed by atoms with van der Waals surface area (Å²) in [5.74, 6) is -0.169. The van der Waals surface area contributed by atoms with Crippen molar-refractivity contribution >= 4 is 16.8 Å². The smallest absolute Gasteiger partial charge is 0.254 e. The fraction of sp³-hybridized carbons (Fsp3) is 0.350. The lowest BCUT2D eigenvalue weighted by atomic mass is 10.1. The van der Waals surface area contributed by atoms with Gasteiger partial charge in [0.15, 0.2) is 0 Å². The van der Waals surface area contributed by atoms with Gasteiger partial charge < -0.3 is 9.88 Å². The van der Waals surface area contributed by atoms with E-state index in [4.69, 9.17) is 0 Å². The average molecular weight is 350 g/mol. The van der Waals surface area contributed by atoms with Crippen LogP contribution in [-0.2, 0) is 19.4 Å². The predicted molar refractivity (Wildman–Crippen MR) is 100 cm³/mol. The zero-order chi connectivity index (χ0) is 18.1. The molecule has 0 spiro atoms. The zero-order valence-corrected chi connectivity index (χ0v) is 14.8. The van der Waals surface area contributed by atoms with E-state index in [9.17, 15) is 9.59 Å². The lowest BCUT2D eigenvalue weighted by Crippen LogP contribution is -2.28. The minimum atomic E-state index is -0.269. The number of para-hydroxylation sites is 1. The van der Waals surface area contributed by atoms with Gasteiger partial charge in [-0.3, -0.25) is 14.7 Å². The predicted octanol–water partition coefficient (Wildman–Crippen LogP) is 2.79. The minimum absolute atomic E-state index is 0.169. The third-order valence-electron chi connectivity index (χ3n) is 5.11. The second kappa shape index (κ2) is 6.78. The molecular weight excluding hydrogens is 328 g/mol. The molecule has 6 nitrogen and oxygen atoms in total. The van der Waals surface area contributed by atoms with Crippen molar-refractivity contribution in [3.63, 3.8) is 0 Å². The first-order chi connectivity index (χ1) is 12.6. The molecule has 0 fully saturated rings. The molecule has 2 N–H and O–H groups in total. The molecule has 134 valence electrons. The van der Waals surface area contributed by atoms with Crippen molar-refractivity contribution < 1.29 is 4.79 Å². The Hall–Kier alpha value is -2.89. The Morgan fingerprint density at radius 1 is 1.19 bits per heavy atom. The molecule has 0 saturated carbocycles. The number of fused-ring (bicyclic) bond motifs is 2. The van der Waals surface area contributed by atoms with E-state index in [0.29, 0.717) is 17.6 Å². The zero-order valence-electron chi connectivity index (χ0n) is 14.8. The van der Waals surface area contributed by atoms with Gasteiger partial charge in [-0.25, -0.2) is 0 Å². The molecule has 2 aromatic heterocycles. The van der Waals surface area contributed by atoms with Gasteiger partial charge >= 0.3 is 0 Å². The molecule has 2 heterocycles. The molecule has 0 bridgehead atoms. The Morgan fingerprint density at radius 3 is 2.88 bits per heavy atom. The van der Waals surface area contributed by atoms with Gasteiger partial charge in [0.05, 0.1) is 17.8 Å². The molecule has 26 heavy (non-hydrogen) atoms. The van der Waals surface area contributed by atoms with Gasteiger partial charge in [-0.05, 0) is 37.3 Å². The first-order valence-electron chi connectivity index (χ1n) is 9.06. The van der Waals surface area contributed by atoms with Crippen LogP contribution in [0, 0.1) is 0 Å². The molecule has 4 rings (SSSR count). The van der Waals surface area contributed by atoms with E-state index in [0.717, 1.165) is 30.3 Å². The quantitative estimate of drug-likeness (QED) is 0.713. The summed E-state index contributed by atoms with van der Waals surface area (Å²) in [6.07, 6.45) is 5.61. The summed E-state index contributed by atoms with van der Waals surface area (Å²) in [6, 6.07) is 8.75. The van der Waals surface area contributed by atoms with Crippen molar-refractivity contribution in [2.75, 3.05) is 7.05 Å². The highest BCUT2D eigenvalue weighted by Crippen LogP contribution is 2.23. The Morgan fingerprint density at radius 2 is 2.00 bits per heavy atom. The third-order valence-corrected chi connectivity index (χ3v) is 5.11. The van der Waals surface area contributed by atoms with Gasteiger partial charge in [0.1, 0.15) is 0 Å². The highest BCUT2D eigenvalue weighted by atomic mass is 16.2. The Kier molecular flexibility index (Phi) is 4.32. The number of hydrogen-bond acceptors (Lipinski definition) is 3. The van der Waals surface area contributed by atoms with Crippen LogP contribution in [0.1, 0.15) is 46.6 Å². The Balaban J connectivity index is 1.64. The van der Waals surface area contributed by atoms with Crippen LogP contribution in [0.2, 0.25) is 0 Å². The summed E-state index contributed by atoms with van der Waals surface area (Å²) in [7, 11) is 1.76. The molecule has 1 aromatic carbocycles. The minimum Gasteiger partial charge on any atom is -0.336 e. The summed E-state index contributed by atoms with van der Waals surface area (Å²) in [5.41, 5.74) is 4.23. The van der Waals surface area contributed by atoms with Crippen molar-refractivity contribution in [3.05, 3.63) is 63.2 Å². The first kappa shape index (κ1) is 16.6. The van der Waals surface area contributed by atoms with Crippen LogP contribution in [0.3, 0.4) is 0 Å². The number of hydrogen-bond donors (Lipinski definition) is 2. The number of benzene rings is 1. The fourth-order valence-corrected chi connectivity index (χ4v) is 3.74. The van der Waals surface area contributed by atoms with Crippen molar-refractivity contribution in [1.29, 1.82) is 0 Å². The fourth-order valence-electron chi connectivity index (χ4n) is 3.74. The number of amides is 1. The molecule has 6 heteroatoms. The number of pyridine rings is 1. The third kappa shape index (κ3) is 3.03. The molecule has 0 radical (unpaired) electrons. The van der Waals surface area contributed by atoms with E-state index in [1.165, 1.54) is 30.2 Å². The van der Waals surface area contributed by atoms with E-state index >= 15 is 0 Å². The molecule has 0 unspecified atom stereocenters. The molecule has 1 aliphatic rings. The average Bonchev–Trinajstić information content (AvgIpc) is 2.87. The van der Waals surface area contributed by atoms with E-state index in [2.05, 4.69) is 15.2 Å². The van der Waals surface area contributed by atoms with Crippen LogP contribution in [0.25, 0.3) is 10.9 Å². The number of nitrogens with one attached hydrogen (secondary N) is 2. The summed E-state index contributed by atoms with van der Waals surface area (Å²) >= 11 is 0. The number of aromatic amines is 2. The summed E-state index contributed by atoms with van der Waals surface area (Å²) in [5, 5.41) is 8.35. The van der Waals surface area contributed by atoms with Gasteiger partial charge in [-0.2, -0.15) is 5.10 Å². The van der Waals surface area contributed by atoms with Crippen LogP contribution in [0.5, 0.6) is 0 Å². The van der Waals surface area contributed by atoms with Crippen LogP contribution >= 0.6 is 0 Å². The number of aromatic nitrogens is 3. The molecule has 0 atom stereocenters. The van der Waals surface area contributed by atoms with E-state index in [1.54, 1.807) is 18.0 Å². The normalized spacial score (nSPS) is 14.0. The largest absolute Gasteiger partial charge is 0.336 e. The first-order valence-corrected chi connectivity index (χ1v) is 9.06. The number of nitrogens with zero attached hydrogens (tertiary/aromatic N) is 2. The number of carbonyl (C=O) groups is 1. The van der Waals surface area contributed by atoms with Crippen LogP contribution in [-0.4, -0.2) is 33.0 Å². The highest BCUT2D eigenvalue weighted by molar-refractivity contribution is 6.05. The molecule has 0 aliphatic heterocycles. The Labute approximate surface area is 151 Å². The summed E-state index contributed by atoms with van der Waals surface area (Å²) in [4.78, 5) is 29.4. The maximum atomic E-state index is 13.0. The van der Waals surface area contributed by atoms with Gasteiger partial charge in [0, 0.05) is 29.7 Å².